The average molecular weight is 335 g/mol. The number of ketones is 1. The molecule has 0 radical (unpaired) electrons. The van der Waals surface area contributed by atoms with Gasteiger partial charge in [-0.05, 0) is 24.6 Å². The number of hydrogen-bond donors (Lipinski definition) is 0. The molecule has 0 heterocycles. The minimum atomic E-state index is -2.69. The highest BCUT2D eigenvalue weighted by Gasteiger charge is 2.17. The first kappa shape index (κ1) is 15.8. The molecular formula is C13H13BrF2O3. The summed E-state index contributed by atoms with van der Waals surface area (Å²) in [5.74, 6) is -0.821. The highest BCUT2D eigenvalue weighted by molar-refractivity contribution is 9.09. The third-order valence-corrected chi connectivity index (χ3v) is 3.05. The number of hydrogen-bond acceptors (Lipinski definition) is 3. The fraction of sp³-hybridized carbons (Fsp3) is 0.385. The van der Waals surface area contributed by atoms with Crippen molar-refractivity contribution >= 4 is 27.7 Å². The predicted octanol–water partition coefficient (Wildman–Crippen LogP) is 3.31. The second-order valence-electron chi connectivity index (χ2n) is 3.78. The first-order valence-corrected chi connectivity index (χ1v) is 6.77. The van der Waals surface area contributed by atoms with Crippen molar-refractivity contribution in [2.75, 3.05) is 11.9 Å². The van der Waals surface area contributed by atoms with Gasteiger partial charge in [-0.1, -0.05) is 22.0 Å². The van der Waals surface area contributed by atoms with E-state index >= 15 is 0 Å². The number of ether oxygens (including phenoxy) is 1. The second kappa shape index (κ2) is 7.33. The van der Waals surface area contributed by atoms with Crippen molar-refractivity contribution in [3.63, 3.8) is 0 Å². The fourth-order valence-electron chi connectivity index (χ4n) is 1.57. The van der Waals surface area contributed by atoms with Crippen LogP contribution in [0.2, 0.25) is 0 Å². The van der Waals surface area contributed by atoms with E-state index < -0.39 is 12.4 Å². The maximum atomic E-state index is 12.8. The Morgan fingerprint density at radius 3 is 2.58 bits per heavy atom. The number of benzene rings is 1. The number of halogens is 3. The number of Topliss-reactive ketones (excluding diaryl/α,β-unsaturated/α-hetero) is 1. The Morgan fingerprint density at radius 1 is 1.37 bits per heavy atom. The zero-order valence-electron chi connectivity index (χ0n) is 10.3. The van der Waals surface area contributed by atoms with Crippen LogP contribution in [0, 0.1) is 0 Å². The van der Waals surface area contributed by atoms with E-state index in [2.05, 4.69) is 15.9 Å². The van der Waals surface area contributed by atoms with Gasteiger partial charge in [-0.25, -0.2) is 13.6 Å². The van der Waals surface area contributed by atoms with Crippen LogP contribution in [0.3, 0.4) is 0 Å². The molecule has 19 heavy (non-hydrogen) atoms. The molecule has 0 atom stereocenters. The molecule has 3 nitrogen and oxygen atoms in total. The van der Waals surface area contributed by atoms with Crippen LogP contribution in [-0.2, 0) is 16.0 Å². The summed E-state index contributed by atoms with van der Waals surface area (Å²) >= 11 is 2.98. The summed E-state index contributed by atoms with van der Waals surface area (Å²) < 4.78 is 30.4. The zero-order chi connectivity index (χ0) is 14.4. The van der Waals surface area contributed by atoms with E-state index in [1.54, 1.807) is 6.92 Å². The van der Waals surface area contributed by atoms with Gasteiger partial charge in [0.25, 0.3) is 6.43 Å². The summed E-state index contributed by atoms with van der Waals surface area (Å²) in [6, 6.07) is 3.73. The van der Waals surface area contributed by atoms with Crippen molar-refractivity contribution in [3.05, 3.63) is 34.9 Å². The standard InChI is InChI=1S/C13H13BrF2O3/c1-2-19-13(18)8-3-4-11(12(15)16)9(5-8)6-10(17)7-14/h3-5,12H,2,6-7H2,1H3. The minimum absolute atomic E-state index is 0.0827. The molecule has 0 N–H and O–H groups in total. The van der Waals surface area contributed by atoms with Gasteiger partial charge in [0, 0.05) is 12.0 Å². The monoisotopic (exact) mass is 334 g/mol. The molecule has 1 aromatic carbocycles. The van der Waals surface area contributed by atoms with Gasteiger partial charge in [0.1, 0.15) is 5.78 Å². The Labute approximate surface area is 118 Å². The van der Waals surface area contributed by atoms with Crippen LogP contribution < -0.4 is 0 Å². The zero-order valence-corrected chi connectivity index (χ0v) is 11.9. The summed E-state index contributed by atoms with van der Waals surface area (Å²) in [7, 11) is 0. The summed E-state index contributed by atoms with van der Waals surface area (Å²) in [5.41, 5.74) is 0.0935. The lowest BCUT2D eigenvalue weighted by atomic mass is 10.00. The third kappa shape index (κ3) is 4.38. The first-order chi connectivity index (χ1) is 8.99. The van der Waals surface area contributed by atoms with Gasteiger partial charge in [-0.2, -0.15) is 0 Å². The van der Waals surface area contributed by atoms with Gasteiger partial charge in [0.15, 0.2) is 0 Å². The van der Waals surface area contributed by atoms with Crippen LogP contribution in [0.5, 0.6) is 0 Å². The Balaban J connectivity index is 3.10. The van der Waals surface area contributed by atoms with E-state index in [1.165, 1.54) is 12.1 Å². The van der Waals surface area contributed by atoms with Crippen LogP contribution in [0.25, 0.3) is 0 Å². The van der Waals surface area contributed by atoms with Gasteiger partial charge in [0.05, 0.1) is 17.5 Å². The van der Waals surface area contributed by atoms with Gasteiger partial charge in [0.2, 0.25) is 0 Å². The summed E-state index contributed by atoms with van der Waals surface area (Å²) in [5, 5.41) is 0.0827. The average Bonchev–Trinajstić information content (AvgIpc) is 2.38. The van der Waals surface area contributed by atoms with E-state index in [0.29, 0.717) is 0 Å². The van der Waals surface area contributed by atoms with Crippen LogP contribution in [0.4, 0.5) is 8.78 Å². The smallest absolute Gasteiger partial charge is 0.338 e. The fourth-order valence-corrected chi connectivity index (χ4v) is 1.77. The van der Waals surface area contributed by atoms with Crippen LogP contribution in [-0.4, -0.2) is 23.7 Å². The molecule has 0 amide bonds. The molecule has 0 aliphatic heterocycles. The molecule has 1 rings (SSSR count). The molecule has 0 aliphatic carbocycles. The number of alkyl halides is 3. The summed E-state index contributed by atoms with van der Waals surface area (Å²) in [6.45, 7) is 1.85. The van der Waals surface area contributed by atoms with E-state index in [-0.39, 0.29) is 40.8 Å². The molecule has 104 valence electrons. The minimum Gasteiger partial charge on any atom is -0.462 e. The Morgan fingerprint density at radius 2 is 2.05 bits per heavy atom. The molecule has 0 saturated heterocycles. The maximum Gasteiger partial charge on any atom is 0.338 e. The molecule has 0 fully saturated rings. The Bertz CT molecular complexity index is 475. The third-order valence-electron chi connectivity index (χ3n) is 2.43. The molecule has 0 spiro atoms. The number of esters is 1. The first-order valence-electron chi connectivity index (χ1n) is 5.65. The molecule has 6 heteroatoms. The van der Waals surface area contributed by atoms with Gasteiger partial charge >= 0.3 is 5.97 Å². The Kier molecular flexibility index (Phi) is 6.08. The number of carbonyl (C=O) groups excluding carboxylic acids is 2. The lowest BCUT2D eigenvalue weighted by Crippen LogP contribution is -2.10. The van der Waals surface area contributed by atoms with Crippen LogP contribution in [0.1, 0.15) is 34.8 Å². The molecular weight excluding hydrogens is 322 g/mol. The van der Waals surface area contributed by atoms with E-state index in [9.17, 15) is 18.4 Å². The Hall–Kier alpha value is -1.30. The lowest BCUT2D eigenvalue weighted by Gasteiger charge is -2.10. The second-order valence-corrected chi connectivity index (χ2v) is 4.34. The SMILES string of the molecule is CCOC(=O)c1ccc(C(F)F)c(CC(=O)CBr)c1. The molecule has 0 saturated carbocycles. The van der Waals surface area contributed by atoms with Gasteiger partial charge < -0.3 is 4.74 Å². The lowest BCUT2D eigenvalue weighted by molar-refractivity contribution is -0.115. The normalized spacial score (nSPS) is 10.6. The van der Waals surface area contributed by atoms with Crippen molar-refractivity contribution in [1.82, 2.24) is 0 Å². The van der Waals surface area contributed by atoms with Crippen molar-refractivity contribution in [1.29, 1.82) is 0 Å². The number of rotatable bonds is 6. The quantitative estimate of drug-likeness (QED) is 0.592. The highest BCUT2D eigenvalue weighted by Crippen LogP contribution is 2.25. The molecule has 0 unspecified atom stereocenters. The van der Waals surface area contributed by atoms with E-state index in [4.69, 9.17) is 4.74 Å². The van der Waals surface area contributed by atoms with Gasteiger partial charge in [-0.3, -0.25) is 4.79 Å². The predicted molar refractivity (Wildman–Crippen MR) is 69.9 cm³/mol. The largest absolute Gasteiger partial charge is 0.462 e. The van der Waals surface area contributed by atoms with Gasteiger partial charge in [-0.15, -0.1) is 0 Å². The highest BCUT2D eigenvalue weighted by atomic mass is 79.9. The number of carbonyl (C=O) groups is 2. The molecule has 0 aliphatic rings. The molecule has 1 aromatic rings. The molecule has 0 bridgehead atoms. The van der Waals surface area contributed by atoms with Crippen molar-refractivity contribution in [2.24, 2.45) is 0 Å². The molecule has 0 aromatic heterocycles. The van der Waals surface area contributed by atoms with E-state index in [1.807, 2.05) is 0 Å². The van der Waals surface area contributed by atoms with Crippen molar-refractivity contribution in [3.8, 4) is 0 Å². The topological polar surface area (TPSA) is 43.4 Å². The van der Waals surface area contributed by atoms with Crippen molar-refractivity contribution in [2.45, 2.75) is 19.8 Å². The van der Waals surface area contributed by atoms with Crippen LogP contribution >= 0.6 is 15.9 Å². The maximum absolute atomic E-state index is 12.8. The van der Waals surface area contributed by atoms with Crippen molar-refractivity contribution < 1.29 is 23.1 Å². The van der Waals surface area contributed by atoms with E-state index in [0.717, 1.165) is 6.07 Å². The summed E-state index contributed by atoms with van der Waals surface area (Å²) in [6.07, 6.45) is -2.83. The summed E-state index contributed by atoms with van der Waals surface area (Å²) in [4.78, 5) is 22.9. The van der Waals surface area contributed by atoms with Crippen LogP contribution in [0.15, 0.2) is 18.2 Å².